The summed E-state index contributed by atoms with van der Waals surface area (Å²) in [6.45, 7) is 7.56. The molecule has 1 aliphatic carbocycles. The number of aliphatic hydroxyl groups is 4. The highest BCUT2D eigenvalue weighted by Gasteiger charge is 2.46. The first kappa shape index (κ1) is 25.9. The molecule has 0 unspecified atom stereocenters. The van der Waals surface area contributed by atoms with Gasteiger partial charge in [-0.3, -0.25) is 0 Å². The van der Waals surface area contributed by atoms with Gasteiger partial charge in [-0.15, -0.1) is 0 Å². The fourth-order valence-electron chi connectivity index (χ4n) is 4.37. The van der Waals surface area contributed by atoms with Crippen LogP contribution in [0, 0.1) is 0 Å². The van der Waals surface area contributed by atoms with Gasteiger partial charge < -0.3 is 39.4 Å². The summed E-state index contributed by atoms with van der Waals surface area (Å²) in [5.74, 6) is 0.817. The third-order valence-corrected chi connectivity index (χ3v) is 6.30. The van der Waals surface area contributed by atoms with Gasteiger partial charge in [-0.25, -0.2) is 4.79 Å². The second-order valence-corrected chi connectivity index (χ2v) is 9.39. The monoisotopic (exact) mass is 468 g/mol. The maximum atomic E-state index is 12.7. The Balaban J connectivity index is 1.67. The molecule has 3 rings (SSSR count). The molecule has 0 spiro atoms. The van der Waals surface area contributed by atoms with Crippen molar-refractivity contribution in [2.75, 3.05) is 6.61 Å². The van der Waals surface area contributed by atoms with Crippen LogP contribution in [0.15, 0.2) is 18.2 Å². The number of para-hydroxylation sites is 1. The van der Waals surface area contributed by atoms with Crippen molar-refractivity contribution >= 4 is 6.16 Å². The Morgan fingerprint density at radius 2 is 1.61 bits per heavy atom. The lowest BCUT2D eigenvalue weighted by molar-refractivity contribution is -0.315. The van der Waals surface area contributed by atoms with Crippen LogP contribution >= 0.6 is 0 Å². The summed E-state index contributed by atoms with van der Waals surface area (Å²) in [5, 5.41) is 39.5. The first-order valence-corrected chi connectivity index (χ1v) is 11.6. The number of hydrogen-bond acceptors (Lipinski definition) is 9. The first-order chi connectivity index (χ1) is 15.6. The van der Waals surface area contributed by atoms with E-state index < -0.39 is 55.7 Å². The molecule has 33 heavy (non-hydrogen) atoms. The topological polar surface area (TPSA) is 135 Å². The Kier molecular flexibility index (Phi) is 8.71. The lowest BCUT2D eigenvalue weighted by Gasteiger charge is -2.40. The smallest absolute Gasteiger partial charge is 0.428 e. The maximum absolute atomic E-state index is 12.7. The van der Waals surface area contributed by atoms with Gasteiger partial charge in [0.15, 0.2) is 6.29 Å². The zero-order chi connectivity index (χ0) is 24.3. The molecule has 1 heterocycles. The van der Waals surface area contributed by atoms with E-state index >= 15 is 0 Å². The van der Waals surface area contributed by atoms with E-state index in [4.69, 9.17) is 18.9 Å². The van der Waals surface area contributed by atoms with Crippen molar-refractivity contribution in [3.8, 4) is 5.75 Å². The molecule has 7 atom stereocenters. The SMILES string of the molecule is CC(C)c1cccc(C(C)C)c1OC(=O)O[C@@H]1CCC[C@@H]1O[C@H]1O[C@H](CO)[C@@H](O)[C@H](O)[C@@H]1O. The summed E-state index contributed by atoms with van der Waals surface area (Å²) in [6, 6.07) is 5.81. The minimum atomic E-state index is -1.53. The lowest BCUT2D eigenvalue weighted by Crippen LogP contribution is -2.60. The number of hydrogen-bond donors (Lipinski definition) is 4. The van der Waals surface area contributed by atoms with Crippen LogP contribution in [0.1, 0.15) is 69.9 Å². The van der Waals surface area contributed by atoms with Crippen LogP contribution in [-0.4, -0.2) is 76.1 Å². The zero-order valence-corrected chi connectivity index (χ0v) is 19.6. The molecule has 0 amide bonds. The minimum absolute atomic E-state index is 0.153. The van der Waals surface area contributed by atoms with Gasteiger partial charge >= 0.3 is 6.16 Å². The summed E-state index contributed by atoms with van der Waals surface area (Å²) in [4.78, 5) is 12.7. The zero-order valence-electron chi connectivity index (χ0n) is 19.6. The molecule has 2 fully saturated rings. The number of carbonyl (C=O) groups is 1. The van der Waals surface area contributed by atoms with Crippen LogP contribution in [0.4, 0.5) is 4.79 Å². The summed E-state index contributed by atoms with van der Waals surface area (Å²) in [6.07, 6.45) is -7.10. The van der Waals surface area contributed by atoms with Gasteiger partial charge in [0, 0.05) is 0 Å². The molecule has 1 saturated carbocycles. The molecule has 0 bridgehead atoms. The van der Waals surface area contributed by atoms with Crippen molar-refractivity contribution in [3.63, 3.8) is 0 Å². The summed E-state index contributed by atoms with van der Waals surface area (Å²) < 4.78 is 22.5. The number of benzene rings is 1. The Morgan fingerprint density at radius 3 is 2.18 bits per heavy atom. The molecule has 0 radical (unpaired) electrons. The average molecular weight is 469 g/mol. The number of rotatable bonds is 7. The molecule has 186 valence electrons. The second-order valence-electron chi connectivity index (χ2n) is 9.39. The molecule has 9 heteroatoms. The Labute approximate surface area is 194 Å². The van der Waals surface area contributed by atoms with E-state index in [1.807, 2.05) is 45.9 Å². The summed E-state index contributed by atoms with van der Waals surface area (Å²) in [7, 11) is 0. The molecule has 1 aromatic rings. The Morgan fingerprint density at radius 1 is 1.00 bits per heavy atom. The molecule has 1 saturated heterocycles. The van der Waals surface area contributed by atoms with Crippen molar-refractivity contribution in [2.24, 2.45) is 0 Å². The third-order valence-electron chi connectivity index (χ3n) is 6.30. The average Bonchev–Trinajstić information content (AvgIpc) is 3.20. The van der Waals surface area contributed by atoms with Crippen LogP contribution in [0.25, 0.3) is 0 Å². The number of ether oxygens (including phenoxy) is 4. The predicted molar refractivity (Wildman–Crippen MR) is 118 cm³/mol. The van der Waals surface area contributed by atoms with Gasteiger partial charge in [-0.2, -0.15) is 0 Å². The fraction of sp³-hybridized carbons (Fsp3) is 0.708. The molecular weight excluding hydrogens is 432 g/mol. The normalized spacial score (nSPS) is 32.4. The van der Waals surface area contributed by atoms with Crippen LogP contribution < -0.4 is 4.74 Å². The fourth-order valence-corrected chi connectivity index (χ4v) is 4.37. The van der Waals surface area contributed by atoms with Gasteiger partial charge in [0.05, 0.1) is 12.7 Å². The van der Waals surface area contributed by atoms with Crippen molar-refractivity contribution in [2.45, 2.75) is 102 Å². The molecule has 1 aromatic carbocycles. The molecule has 4 N–H and O–H groups in total. The summed E-state index contributed by atoms with van der Waals surface area (Å²) >= 11 is 0. The molecule has 2 aliphatic rings. The van der Waals surface area contributed by atoms with Gasteiger partial charge in [-0.05, 0) is 42.2 Å². The van der Waals surface area contributed by atoms with Crippen molar-refractivity contribution in [3.05, 3.63) is 29.3 Å². The molecule has 0 aromatic heterocycles. The minimum Gasteiger partial charge on any atom is -0.428 e. The van der Waals surface area contributed by atoms with Gasteiger partial charge in [0.1, 0.15) is 36.3 Å². The quantitative estimate of drug-likeness (QED) is 0.351. The van der Waals surface area contributed by atoms with Crippen molar-refractivity contribution < 1.29 is 44.2 Å². The maximum Gasteiger partial charge on any atom is 0.514 e. The second kappa shape index (κ2) is 11.1. The summed E-state index contributed by atoms with van der Waals surface area (Å²) in [5.41, 5.74) is 1.83. The van der Waals surface area contributed by atoms with E-state index in [1.54, 1.807) is 0 Å². The highest BCUT2D eigenvalue weighted by molar-refractivity contribution is 5.66. The van der Waals surface area contributed by atoms with E-state index in [0.717, 1.165) is 17.5 Å². The number of carbonyl (C=O) groups excluding carboxylic acids is 1. The van der Waals surface area contributed by atoms with Crippen LogP contribution in [0.5, 0.6) is 5.75 Å². The van der Waals surface area contributed by atoms with E-state index in [9.17, 15) is 25.2 Å². The van der Waals surface area contributed by atoms with Gasteiger partial charge in [0.25, 0.3) is 0 Å². The van der Waals surface area contributed by atoms with Crippen molar-refractivity contribution in [1.82, 2.24) is 0 Å². The molecule has 9 nitrogen and oxygen atoms in total. The first-order valence-electron chi connectivity index (χ1n) is 11.6. The standard InChI is InChI=1S/C24H36O9/c1-12(2)14-7-5-8-15(13(3)4)22(14)33-24(29)32-17-10-6-9-16(17)30-23-21(28)20(27)19(26)18(11-25)31-23/h5,7-8,12-13,16-21,23,25-28H,6,9-11H2,1-4H3/t16-,17+,18+,19+,20-,21-,23-/m0/s1. The highest BCUT2D eigenvalue weighted by Crippen LogP contribution is 2.36. The van der Waals surface area contributed by atoms with Gasteiger partial charge in [-0.1, -0.05) is 45.9 Å². The third kappa shape index (κ3) is 5.85. The van der Waals surface area contributed by atoms with E-state index in [1.165, 1.54) is 0 Å². The molecule has 1 aliphatic heterocycles. The van der Waals surface area contributed by atoms with Crippen LogP contribution in [-0.2, 0) is 14.2 Å². The van der Waals surface area contributed by atoms with Gasteiger partial charge in [0.2, 0.25) is 0 Å². The van der Waals surface area contributed by atoms with Crippen LogP contribution in [0.3, 0.4) is 0 Å². The highest BCUT2D eigenvalue weighted by atomic mass is 16.7. The number of aliphatic hydroxyl groups excluding tert-OH is 4. The van der Waals surface area contributed by atoms with E-state index in [-0.39, 0.29) is 11.8 Å². The van der Waals surface area contributed by atoms with Crippen LogP contribution in [0.2, 0.25) is 0 Å². The predicted octanol–water partition coefficient (Wildman–Crippen LogP) is 2.19. The Hall–Kier alpha value is -1.75. The van der Waals surface area contributed by atoms with E-state index in [2.05, 4.69) is 0 Å². The Bertz CT molecular complexity index is 768. The van der Waals surface area contributed by atoms with Crippen molar-refractivity contribution in [1.29, 1.82) is 0 Å². The van der Waals surface area contributed by atoms with E-state index in [0.29, 0.717) is 18.6 Å². The molecular formula is C24H36O9. The lowest BCUT2D eigenvalue weighted by atomic mass is 9.94. The largest absolute Gasteiger partial charge is 0.514 e.